The molecular weight excluding hydrogens is 463 g/mol. The van der Waals surface area contributed by atoms with Crippen molar-refractivity contribution in [2.45, 2.75) is 11.3 Å². The van der Waals surface area contributed by atoms with Crippen molar-refractivity contribution in [3.63, 3.8) is 0 Å². The lowest BCUT2D eigenvalue weighted by atomic mass is 10.1. The number of thioether (sulfide) groups is 1. The van der Waals surface area contributed by atoms with Crippen LogP contribution in [0.3, 0.4) is 0 Å². The van der Waals surface area contributed by atoms with Crippen LogP contribution in [-0.2, 0) is 16.0 Å². The van der Waals surface area contributed by atoms with Crippen molar-refractivity contribution in [1.29, 1.82) is 0 Å². The van der Waals surface area contributed by atoms with Crippen molar-refractivity contribution in [1.82, 2.24) is 5.32 Å². The average Bonchev–Trinajstić information content (AvgIpc) is 2.78. The first-order valence-electron chi connectivity index (χ1n) is 10.1. The summed E-state index contributed by atoms with van der Waals surface area (Å²) in [5, 5.41) is 4.19. The van der Waals surface area contributed by atoms with Gasteiger partial charge in [-0.25, -0.2) is 0 Å². The van der Waals surface area contributed by atoms with Crippen LogP contribution in [0, 0.1) is 0 Å². The molecule has 7 heteroatoms. The van der Waals surface area contributed by atoms with E-state index in [1.165, 1.54) is 16.7 Å². The SMILES string of the molecule is O=C(CN1C(=O)/C(=C\c2cccc(Cl)c2)Sc2ccccc21)NCCc1ccc(Cl)cc1. The normalized spacial score (nSPS) is 14.4. The Morgan fingerprint density at radius 1 is 0.969 bits per heavy atom. The molecule has 3 aromatic carbocycles. The molecule has 0 aliphatic carbocycles. The molecule has 4 nitrogen and oxygen atoms in total. The highest BCUT2D eigenvalue weighted by Gasteiger charge is 2.30. The van der Waals surface area contributed by atoms with Crippen molar-refractivity contribution in [3.8, 4) is 0 Å². The maximum Gasteiger partial charge on any atom is 0.265 e. The first-order valence-corrected chi connectivity index (χ1v) is 11.6. The molecule has 0 unspecified atom stereocenters. The highest BCUT2D eigenvalue weighted by Crippen LogP contribution is 2.41. The molecule has 1 aliphatic rings. The van der Waals surface area contributed by atoms with Gasteiger partial charge in [0.2, 0.25) is 5.91 Å². The van der Waals surface area contributed by atoms with E-state index < -0.39 is 0 Å². The molecule has 0 saturated heterocycles. The highest BCUT2D eigenvalue weighted by molar-refractivity contribution is 8.04. The van der Waals surface area contributed by atoms with Crippen LogP contribution in [0.2, 0.25) is 10.0 Å². The number of anilines is 1. The Hall–Kier alpha value is -2.73. The van der Waals surface area contributed by atoms with Gasteiger partial charge in [0, 0.05) is 21.5 Å². The van der Waals surface area contributed by atoms with Gasteiger partial charge in [-0.2, -0.15) is 0 Å². The minimum absolute atomic E-state index is 0.0517. The lowest BCUT2D eigenvalue weighted by molar-refractivity contribution is -0.122. The maximum absolute atomic E-state index is 13.3. The molecule has 1 heterocycles. The van der Waals surface area contributed by atoms with E-state index in [0.29, 0.717) is 27.9 Å². The van der Waals surface area contributed by atoms with Gasteiger partial charge in [-0.3, -0.25) is 14.5 Å². The lowest BCUT2D eigenvalue weighted by Gasteiger charge is -2.29. The number of rotatable bonds is 6. The molecule has 0 aromatic heterocycles. The monoisotopic (exact) mass is 482 g/mol. The van der Waals surface area contributed by atoms with E-state index in [1.54, 1.807) is 18.2 Å². The molecule has 2 amide bonds. The summed E-state index contributed by atoms with van der Waals surface area (Å²) in [4.78, 5) is 28.9. The molecule has 1 N–H and O–H groups in total. The lowest BCUT2D eigenvalue weighted by Crippen LogP contribution is -2.43. The molecule has 0 radical (unpaired) electrons. The van der Waals surface area contributed by atoms with E-state index in [-0.39, 0.29) is 18.4 Å². The van der Waals surface area contributed by atoms with Crippen molar-refractivity contribution < 1.29 is 9.59 Å². The maximum atomic E-state index is 13.3. The Labute approximate surface area is 201 Å². The molecule has 3 aromatic rings. The van der Waals surface area contributed by atoms with E-state index in [0.717, 1.165) is 21.7 Å². The van der Waals surface area contributed by atoms with Gasteiger partial charge in [-0.15, -0.1) is 0 Å². The molecule has 1 aliphatic heterocycles. The fourth-order valence-corrected chi connectivity index (χ4v) is 4.75. The van der Waals surface area contributed by atoms with E-state index in [2.05, 4.69) is 5.32 Å². The Bertz CT molecular complexity index is 1180. The molecule has 0 saturated carbocycles. The van der Waals surface area contributed by atoms with Crippen molar-refractivity contribution in [3.05, 3.63) is 98.9 Å². The number of hydrogen-bond donors (Lipinski definition) is 1. The average molecular weight is 483 g/mol. The Morgan fingerprint density at radius 2 is 1.75 bits per heavy atom. The third-order valence-electron chi connectivity index (χ3n) is 4.93. The van der Waals surface area contributed by atoms with Crippen molar-refractivity contribution in [2.24, 2.45) is 0 Å². The molecule has 162 valence electrons. The van der Waals surface area contributed by atoms with E-state index in [4.69, 9.17) is 23.2 Å². The van der Waals surface area contributed by atoms with Gasteiger partial charge in [0.1, 0.15) is 6.54 Å². The number of nitrogens with one attached hydrogen (secondary N) is 1. The number of nitrogens with zero attached hydrogens (tertiary/aromatic N) is 1. The summed E-state index contributed by atoms with van der Waals surface area (Å²) in [6, 6.07) is 22.4. The number of carbonyl (C=O) groups excluding carboxylic acids is 2. The summed E-state index contributed by atoms with van der Waals surface area (Å²) >= 11 is 13.4. The molecule has 0 bridgehead atoms. The van der Waals surface area contributed by atoms with Crippen LogP contribution in [-0.4, -0.2) is 24.9 Å². The van der Waals surface area contributed by atoms with Crippen LogP contribution in [0.5, 0.6) is 0 Å². The van der Waals surface area contributed by atoms with E-state index >= 15 is 0 Å². The molecule has 0 atom stereocenters. The minimum Gasteiger partial charge on any atom is -0.354 e. The predicted octanol–water partition coefficient (Wildman–Crippen LogP) is 5.83. The summed E-state index contributed by atoms with van der Waals surface area (Å²) in [5.41, 5.74) is 2.65. The van der Waals surface area contributed by atoms with Gasteiger partial charge in [-0.1, -0.05) is 71.4 Å². The number of hydrogen-bond acceptors (Lipinski definition) is 3. The number of fused-ring (bicyclic) bond motifs is 1. The van der Waals surface area contributed by atoms with Crippen LogP contribution in [0.1, 0.15) is 11.1 Å². The zero-order valence-electron chi connectivity index (χ0n) is 17.1. The summed E-state index contributed by atoms with van der Waals surface area (Å²) in [6.07, 6.45) is 2.49. The first kappa shape index (κ1) is 22.5. The summed E-state index contributed by atoms with van der Waals surface area (Å²) < 4.78 is 0. The largest absolute Gasteiger partial charge is 0.354 e. The Kier molecular flexibility index (Phi) is 7.20. The van der Waals surface area contributed by atoms with Gasteiger partial charge in [-0.05, 0) is 60.0 Å². The standard InChI is InChI=1S/C25H20Cl2N2O2S/c26-19-10-8-17(9-11-19)12-13-28-24(30)16-29-21-6-1-2-7-22(21)32-23(25(29)31)15-18-4-3-5-20(27)14-18/h1-11,14-15H,12-13,16H2,(H,28,30)/b23-15+. The van der Waals surface area contributed by atoms with E-state index in [9.17, 15) is 9.59 Å². The molecule has 0 spiro atoms. The van der Waals surface area contributed by atoms with Crippen LogP contribution in [0.4, 0.5) is 5.69 Å². The van der Waals surface area contributed by atoms with Crippen LogP contribution in [0.25, 0.3) is 6.08 Å². The zero-order valence-corrected chi connectivity index (χ0v) is 19.4. The number of benzene rings is 3. The van der Waals surface area contributed by atoms with Gasteiger partial charge in [0.25, 0.3) is 5.91 Å². The van der Waals surface area contributed by atoms with E-state index in [1.807, 2.05) is 60.7 Å². The molecule has 32 heavy (non-hydrogen) atoms. The second-order valence-electron chi connectivity index (χ2n) is 7.25. The highest BCUT2D eigenvalue weighted by atomic mass is 35.5. The quantitative estimate of drug-likeness (QED) is 0.449. The van der Waals surface area contributed by atoms with Crippen LogP contribution >= 0.6 is 35.0 Å². The number of para-hydroxylation sites is 1. The van der Waals surface area contributed by atoms with Gasteiger partial charge in [0.15, 0.2) is 0 Å². The second-order valence-corrected chi connectivity index (χ2v) is 9.21. The number of halogens is 2. The first-order chi connectivity index (χ1) is 15.5. The van der Waals surface area contributed by atoms with Crippen LogP contribution in [0.15, 0.2) is 82.6 Å². The number of carbonyl (C=O) groups is 2. The minimum atomic E-state index is -0.212. The number of amides is 2. The van der Waals surface area contributed by atoms with Gasteiger partial charge in [0.05, 0.1) is 10.6 Å². The second kappa shape index (κ2) is 10.3. The molecule has 0 fully saturated rings. The Morgan fingerprint density at radius 3 is 2.53 bits per heavy atom. The van der Waals surface area contributed by atoms with Gasteiger partial charge >= 0.3 is 0 Å². The summed E-state index contributed by atoms with van der Waals surface area (Å²) in [5.74, 6) is -0.419. The van der Waals surface area contributed by atoms with Crippen LogP contribution < -0.4 is 10.2 Å². The molecule has 4 rings (SSSR count). The topological polar surface area (TPSA) is 49.4 Å². The fourth-order valence-electron chi connectivity index (χ4n) is 3.36. The van der Waals surface area contributed by atoms with Gasteiger partial charge < -0.3 is 5.32 Å². The van der Waals surface area contributed by atoms with Crippen molar-refractivity contribution >= 4 is 58.5 Å². The zero-order chi connectivity index (χ0) is 22.5. The Balaban J connectivity index is 1.48. The summed E-state index contributed by atoms with van der Waals surface area (Å²) in [6.45, 7) is 0.425. The third kappa shape index (κ3) is 5.54. The molecular formula is C25H20Cl2N2O2S. The fraction of sp³-hybridized carbons (Fsp3) is 0.120. The van der Waals surface area contributed by atoms with Crippen molar-refractivity contribution in [2.75, 3.05) is 18.0 Å². The predicted molar refractivity (Wildman–Crippen MR) is 132 cm³/mol. The smallest absolute Gasteiger partial charge is 0.265 e. The summed E-state index contributed by atoms with van der Waals surface area (Å²) in [7, 11) is 0. The third-order valence-corrected chi connectivity index (χ3v) is 6.49.